The summed E-state index contributed by atoms with van der Waals surface area (Å²) in [5.74, 6) is 0. The van der Waals surface area contributed by atoms with E-state index in [1.165, 1.54) is 5.56 Å². The SMILES string of the molecule is CC(C)(C)OC(=O)Nc1cccc(NC2CCN(Cc3ccccc3)CC2)c1. The van der Waals surface area contributed by atoms with E-state index in [0.717, 1.165) is 43.9 Å². The Balaban J connectivity index is 1.48. The highest BCUT2D eigenvalue weighted by Gasteiger charge is 2.19. The van der Waals surface area contributed by atoms with E-state index in [0.29, 0.717) is 6.04 Å². The van der Waals surface area contributed by atoms with E-state index in [4.69, 9.17) is 4.74 Å². The number of likely N-dealkylation sites (tertiary alicyclic amines) is 1. The van der Waals surface area contributed by atoms with Crippen LogP contribution in [0.4, 0.5) is 16.2 Å². The fourth-order valence-electron chi connectivity index (χ4n) is 3.42. The number of ether oxygens (including phenoxy) is 1. The minimum absolute atomic E-state index is 0.432. The van der Waals surface area contributed by atoms with Crippen LogP contribution in [0.2, 0.25) is 0 Å². The first-order valence-electron chi connectivity index (χ1n) is 10.0. The van der Waals surface area contributed by atoms with Crippen LogP contribution in [0.5, 0.6) is 0 Å². The molecule has 2 aromatic rings. The maximum absolute atomic E-state index is 12.0. The van der Waals surface area contributed by atoms with Gasteiger partial charge in [0, 0.05) is 37.1 Å². The average Bonchev–Trinajstić information content (AvgIpc) is 2.63. The molecule has 0 atom stereocenters. The van der Waals surface area contributed by atoms with E-state index in [2.05, 4.69) is 45.9 Å². The van der Waals surface area contributed by atoms with Gasteiger partial charge in [0.2, 0.25) is 0 Å². The summed E-state index contributed by atoms with van der Waals surface area (Å²) < 4.78 is 5.32. The van der Waals surface area contributed by atoms with E-state index in [1.807, 2.05) is 45.0 Å². The fourth-order valence-corrected chi connectivity index (χ4v) is 3.42. The number of anilines is 2. The van der Waals surface area contributed by atoms with Crippen molar-refractivity contribution in [3.63, 3.8) is 0 Å². The fraction of sp³-hybridized carbons (Fsp3) is 0.435. The van der Waals surface area contributed by atoms with Gasteiger partial charge in [0.25, 0.3) is 0 Å². The van der Waals surface area contributed by atoms with Gasteiger partial charge < -0.3 is 10.1 Å². The summed E-state index contributed by atoms with van der Waals surface area (Å²) in [6, 6.07) is 18.9. The van der Waals surface area contributed by atoms with Crippen LogP contribution in [0.3, 0.4) is 0 Å². The smallest absolute Gasteiger partial charge is 0.412 e. The van der Waals surface area contributed by atoms with Gasteiger partial charge in [-0.05, 0) is 57.4 Å². The number of piperidine rings is 1. The molecule has 0 bridgehead atoms. The first-order chi connectivity index (χ1) is 13.4. The minimum Gasteiger partial charge on any atom is -0.444 e. The molecule has 5 nitrogen and oxygen atoms in total. The van der Waals surface area contributed by atoms with Crippen molar-refractivity contribution in [1.82, 2.24) is 4.90 Å². The number of hydrogen-bond acceptors (Lipinski definition) is 4. The van der Waals surface area contributed by atoms with Crippen molar-refractivity contribution in [2.24, 2.45) is 0 Å². The predicted molar refractivity (Wildman–Crippen MR) is 115 cm³/mol. The lowest BCUT2D eigenvalue weighted by Crippen LogP contribution is -2.38. The zero-order valence-electron chi connectivity index (χ0n) is 17.1. The standard InChI is InChI=1S/C23H31N3O2/c1-23(2,3)28-22(27)25-21-11-7-10-20(16-21)24-19-12-14-26(15-13-19)17-18-8-5-4-6-9-18/h4-11,16,19,24H,12-15,17H2,1-3H3,(H,25,27). The van der Waals surface area contributed by atoms with Gasteiger partial charge in [-0.3, -0.25) is 10.2 Å². The molecular weight excluding hydrogens is 350 g/mol. The third kappa shape index (κ3) is 6.57. The number of amides is 1. The van der Waals surface area contributed by atoms with Gasteiger partial charge in [-0.1, -0.05) is 36.4 Å². The van der Waals surface area contributed by atoms with Crippen LogP contribution in [0.15, 0.2) is 54.6 Å². The number of hydrogen-bond donors (Lipinski definition) is 2. The largest absolute Gasteiger partial charge is 0.444 e. The lowest BCUT2D eigenvalue weighted by atomic mass is 10.0. The Bertz CT molecular complexity index is 763. The van der Waals surface area contributed by atoms with Crippen LogP contribution in [-0.2, 0) is 11.3 Å². The second kappa shape index (κ2) is 9.11. The highest BCUT2D eigenvalue weighted by Crippen LogP contribution is 2.21. The molecule has 1 saturated heterocycles. The van der Waals surface area contributed by atoms with Crippen molar-refractivity contribution in [2.75, 3.05) is 23.7 Å². The minimum atomic E-state index is -0.506. The topological polar surface area (TPSA) is 53.6 Å². The van der Waals surface area contributed by atoms with Crippen molar-refractivity contribution in [2.45, 2.75) is 51.8 Å². The van der Waals surface area contributed by atoms with E-state index in [-0.39, 0.29) is 0 Å². The van der Waals surface area contributed by atoms with Crippen LogP contribution in [0.1, 0.15) is 39.2 Å². The van der Waals surface area contributed by atoms with Gasteiger partial charge in [0.1, 0.15) is 5.60 Å². The van der Waals surface area contributed by atoms with E-state index in [9.17, 15) is 4.79 Å². The van der Waals surface area contributed by atoms with Crippen molar-refractivity contribution >= 4 is 17.5 Å². The van der Waals surface area contributed by atoms with Crippen molar-refractivity contribution < 1.29 is 9.53 Å². The number of rotatable bonds is 5. The van der Waals surface area contributed by atoms with Crippen molar-refractivity contribution in [3.8, 4) is 0 Å². The molecule has 0 saturated carbocycles. The summed E-state index contributed by atoms with van der Waals surface area (Å²) in [4.78, 5) is 14.5. The normalized spacial score (nSPS) is 15.8. The highest BCUT2D eigenvalue weighted by molar-refractivity contribution is 5.85. The van der Waals surface area contributed by atoms with Crippen LogP contribution < -0.4 is 10.6 Å². The second-order valence-electron chi connectivity index (χ2n) is 8.39. The third-order valence-electron chi connectivity index (χ3n) is 4.72. The molecule has 0 unspecified atom stereocenters. The molecule has 3 rings (SSSR count). The molecule has 0 radical (unpaired) electrons. The Morgan fingerprint density at radius 2 is 1.71 bits per heavy atom. The molecule has 0 aromatic heterocycles. The van der Waals surface area contributed by atoms with Gasteiger partial charge in [-0.25, -0.2) is 4.79 Å². The summed E-state index contributed by atoms with van der Waals surface area (Å²) in [7, 11) is 0. The molecule has 28 heavy (non-hydrogen) atoms. The van der Waals surface area contributed by atoms with Crippen LogP contribution in [0, 0.1) is 0 Å². The number of benzene rings is 2. The number of nitrogens with zero attached hydrogens (tertiary/aromatic N) is 1. The molecule has 1 aliphatic heterocycles. The number of carbonyl (C=O) groups is 1. The monoisotopic (exact) mass is 381 g/mol. The summed E-state index contributed by atoms with van der Waals surface area (Å²) in [5, 5.41) is 6.41. The molecule has 150 valence electrons. The second-order valence-corrected chi connectivity index (χ2v) is 8.39. The van der Waals surface area contributed by atoms with Crippen molar-refractivity contribution in [1.29, 1.82) is 0 Å². The Morgan fingerprint density at radius 3 is 2.39 bits per heavy atom. The average molecular weight is 382 g/mol. The third-order valence-corrected chi connectivity index (χ3v) is 4.72. The molecule has 1 fully saturated rings. The molecule has 1 amide bonds. The Labute approximate surface area is 168 Å². The Morgan fingerprint density at radius 1 is 1.04 bits per heavy atom. The molecule has 0 spiro atoms. The summed E-state index contributed by atoms with van der Waals surface area (Å²) in [5.41, 5.74) is 2.62. The highest BCUT2D eigenvalue weighted by atomic mass is 16.6. The lowest BCUT2D eigenvalue weighted by Gasteiger charge is -2.33. The quantitative estimate of drug-likeness (QED) is 0.756. The van der Waals surface area contributed by atoms with Gasteiger partial charge in [-0.2, -0.15) is 0 Å². The zero-order valence-corrected chi connectivity index (χ0v) is 17.1. The van der Waals surface area contributed by atoms with Gasteiger partial charge in [0.15, 0.2) is 0 Å². The Hall–Kier alpha value is -2.53. The first-order valence-corrected chi connectivity index (χ1v) is 10.0. The Kier molecular flexibility index (Phi) is 6.57. The molecule has 5 heteroatoms. The molecule has 1 heterocycles. The number of carbonyl (C=O) groups excluding carboxylic acids is 1. The summed E-state index contributed by atoms with van der Waals surface area (Å²) >= 11 is 0. The lowest BCUT2D eigenvalue weighted by molar-refractivity contribution is 0.0636. The molecule has 2 aromatic carbocycles. The van der Waals surface area contributed by atoms with Gasteiger partial charge in [0.05, 0.1) is 0 Å². The molecule has 2 N–H and O–H groups in total. The summed E-state index contributed by atoms with van der Waals surface area (Å²) in [6.07, 6.45) is 1.78. The molecular formula is C23H31N3O2. The van der Waals surface area contributed by atoms with Crippen molar-refractivity contribution in [3.05, 3.63) is 60.2 Å². The first kappa shape index (κ1) is 20.2. The van der Waals surface area contributed by atoms with Crippen LogP contribution in [0.25, 0.3) is 0 Å². The molecule has 0 aliphatic carbocycles. The van der Waals surface area contributed by atoms with E-state index >= 15 is 0 Å². The summed E-state index contributed by atoms with van der Waals surface area (Å²) in [6.45, 7) is 8.76. The number of nitrogens with one attached hydrogen (secondary N) is 2. The van der Waals surface area contributed by atoms with E-state index in [1.54, 1.807) is 0 Å². The van der Waals surface area contributed by atoms with Gasteiger partial charge in [-0.15, -0.1) is 0 Å². The maximum Gasteiger partial charge on any atom is 0.412 e. The van der Waals surface area contributed by atoms with Gasteiger partial charge >= 0.3 is 6.09 Å². The van der Waals surface area contributed by atoms with Crippen LogP contribution in [-0.4, -0.2) is 35.7 Å². The van der Waals surface area contributed by atoms with Crippen LogP contribution >= 0.6 is 0 Å². The zero-order chi connectivity index (χ0) is 20.0. The predicted octanol–water partition coefficient (Wildman–Crippen LogP) is 5.11. The van der Waals surface area contributed by atoms with E-state index < -0.39 is 11.7 Å². The maximum atomic E-state index is 12.0. The molecule has 1 aliphatic rings.